The molecule has 1 saturated heterocycles. The molecule has 1 amide bonds. The molecule has 0 spiro atoms. The molecule has 7 heteroatoms. The number of aliphatic carboxylic acids is 1. The average Bonchev–Trinajstić information content (AvgIpc) is 3.43. The molecule has 7 nitrogen and oxygen atoms in total. The number of nitrogens with one attached hydrogen (secondary N) is 1. The van der Waals surface area contributed by atoms with Gasteiger partial charge in [0.05, 0.1) is 23.8 Å². The summed E-state index contributed by atoms with van der Waals surface area (Å²) < 4.78 is 1.80. The second kappa shape index (κ2) is 8.14. The summed E-state index contributed by atoms with van der Waals surface area (Å²) >= 11 is 0. The van der Waals surface area contributed by atoms with Crippen molar-refractivity contribution in [3.05, 3.63) is 42.1 Å². The van der Waals surface area contributed by atoms with Gasteiger partial charge in [-0.3, -0.25) is 14.5 Å². The fourth-order valence-electron chi connectivity index (χ4n) is 4.24. The van der Waals surface area contributed by atoms with Gasteiger partial charge in [-0.15, -0.1) is 0 Å². The first-order valence-corrected chi connectivity index (χ1v) is 10.0. The molecule has 148 valence electrons. The quantitative estimate of drug-likeness (QED) is 0.802. The van der Waals surface area contributed by atoms with E-state index in [0.29, 0.717) is 31.2 Å². The number of nitrogens with zero attached hydrogens (tertiary/aromatic N) is 3. The van der Waals surface area contributed by atoms with E-state index in [-0.39, 0.29) is 18.4 Å². The lowest BCUT2D eigenvalue weighted by atomic mass is 10.0. The van der Waals surface area contributed by atoms with Crippen LogP contribution in [0, 0.1) is 5.92 Å². The van der Waals surface area contributed by atoms with E-state index in [1.165, 1.54) is 12.8 Å². The molecule has 2 heterocycles. The van der Waals surface area contributed by atoms with Gasteiger partial charge in [-0.1, -0.05) is 31.0 Å². The number of amides is 1. The second-order valence-corrected chi connectivity index (χ2v) is 7.79. The largest absolute Gasteiger partial charge is 0.481 e. The Morgan fingerprint density at radius 1 is 1.14 bits per heavy atom. The van der Waals surface area contributed by atoms with Crippen LogP contribution in [-0.2, 0) is 9.59 Å². The van der Waals surface area contributed by atoms with Crippen LogP contribution in [0.25, 0.3) is 5.69 Å². The van der Waals surface area contributed by atoms with Crippen LogP contribution >= 0.6 is 0 Å². The number of benzene rings is 1. The van der Waals surface area contributed by atoms with E-state index >= 15 is 0 Å². The molecule has 2 fully saturated rings. The molecule has 0 bridgehead atoms. The maximum atomic E-state index is 12.6. The zero-order chi connectivity index (χ0) is 19.5. The van der Waals surface area contributed by atoms with Gasteiger partial charge in [0.2, 0.25) is 5.91 Å². The topological polar surface area (TPSA) is 87.5 Å². The molecule has 28 heavy (non-hydrogen) atoms. The highest BCUT2D eigenvalue weighted by Gasteiger charge is 2.29. The number of rotatable bonds is 6. The van der Waals surface area contributed by atoms with Gasteiger partial charge >= 0.3 is 5.97 Å². The number of carboxylic acid groups (broad SMARTS) is 1. The van der Waals surface area contributed by atoms with Crippen LogP contribution in [0.4, 0.5) is 5.82 Å². The normalized spacial score (nSPS) is 20.5. The Morgan fingerprint density at radius 2 is 1.89 bits per heavy atom. The van der Waals surface area contributed by atoms with Crippen molar-refractivity contribution in [2.45, 2.75) is 38.0 Å². The summed E-state index contributed by atoms with van der Waals surface area (Å²) in [7, 11) is 0. The lowest BCUT2D eigenvalue weighted by molar-refractivity contribution is -0.141. The van der Waals surface area contributed by atoms with Gasteiger partial charge in [0, 0.05) is 18.5 Å². The highest BCUT2D eigenvalue weighted by Crippen LogP contribution is 2.35. The molecule has 2 aromatic rings. The van der Waals surface area contributed by atoms with Crippen molar-refractivity contribution in [1.29, 1.82) is 0 Å². The minimum atomic E-state index is -0.786. The Bertz CT molecular complexity index is 843. The second-order valence-electron chi connectivity index (χ2n) is 7.79. The maximum absolute atomic E-state index is 12.6. The van der Waals surface area contributed by atoms with Crippen LogP contribution in [0.3, 0.4) is 0 Å². The van der Waals surface area contributed by atoms with E-state index in [4.69, 9.17) is 10.2 Å². The summed E-state index contributed by atoms with van der Waals surface area (Å²) in [5.41, 5.74) is 1.94. The number of hydrogen-bond acceptors (Lipinski definition) is 4. The van der Waals surface area contributed by atoms with E-state index in [1.54, 1.807) is 4.68 Å². The molecule has 2 aliphatic rings. The smallest absolute Gasteiger partial charge is 0.307 e. The summed E-state index contributed by atoms with van der Waals surface area (Å²) in [6.07, 6.45) is 5.33. The molecular weight excluding hydrogens is 356 g/mol. The van der Waals surface area contributed by atoms with E-state index < -0.39 is 5.97 Å². The Balaban J connectivity index is 1.49. The minimum Gasteiger partial charge on any atom is -0.481 e. The predicted octanol–water partition coefficient (Wildman–Crippen LogP) is 2.87. The number of anilines is 1. The molecule has 0 radical (unpaired) electrons. The number of hydrogen-bond donors (Lipinski definition) is 2. The zero-order valence-corrected chi connectivity index (χ0v) is 15.9. The van der Waals surface area contributed by atoms with Gasteiger partial charge in [-0.25, -0.2) is 4.68 Å². The third kappa shape index (κ3) is 4.09. The highest BCUT2D eigenvalue weighted by molar-refractivity contribution is 5.92. The maximum Gasteiger partial charge on any atom is 0.307 e. The molecule has 1 aliphatic carbocycles. The SMILES string of the molecule is O=C(CN1CCC(C(=O)O)C1)Nc1cc(C2CCCC2)nn1-c1ccccc1. The lowest BCUT2D eigenvalue weighted by Gasteiger charge is -2.15. The molecule has 1 aromatic heterocycles. The van der Waals surface area contributed by atoms with Gasteiger partial charge in [-0.05, 0) is 37.9 Å². The fourth-order valence-corrected chi connectivity index (χ4v) is 4.24. The third-order valence-electron chi connectivity index (χ3n) is 5.76. The summed E-state index contributed by atoms with van der Waals surface area (Å²) in [6.45, 7) is 1.26. The van der Waals surface area contributed by atoms with Gasteiger partial charge in [0.25, 0.3) is 0 Å². The predicted molar refractivity (Wildman–Crippen MR) is 106 cm³/mol. The number of carbonyl (C=O) groups excluding carboxylic acids is 1. The van der Waals surface area contributed by atoms with Crippen molar-refractivity contribution in [1.82, 2.24) is 14.7 Å². The molecule has 1 aliphatic heterocycles. The summed E-state index contributed by atoms with van der Waals surface area (Å²) in [5, 5.41) is 16.9. The Labute approximate surface area is 164 Å². The van der Waals surface area contributed by atoms with Crippen LogP contribution in [0.15, 0.2) is 36.4 Å². The number of likely N-dealkylation sites (tertiary alicyclic amines) is 1. The Hall–Kier alpha value is -2.67. The molecule has 1 atom stereocenters. The van der Waals surface area contributed by atoms with E-state index in [2.05, 4.69) is 5.32 Å². The standard InChI is InChI=1S/C21H26N4O3/c26-20(14-24-11-10-16(13-24)21(27)28)22-19-12-18(15-6-4-5-7-15)23-25(19)17-8-2-1-3-9-17/h1-3,8-9,12,15-16H,4-7,10-11,13-14H2,(H,22,26)(H,27,28). The third-order valence-corrected chi connectivity index (χ3v) is 5.76. The van der Waals surface area contributed by atoms with Crippen molar-refractivity contribution in [3.63, 3.8) is 0 Å². The van der Waals surface area contributed by atoms with Gasteiger partial charge in [0.15, 0.2) is 0 Å². The molecule has 1 unspecified atom stereocenters. The number of carbonyl (C=O) groups is 2. The first-order valence-electron chi connectivity index (χ1n) is 10.0. The van der Waals surface area contributed by atoms with Crippen LogP contribution in [0.5, 0.6) is 0 Å². The van der Waals surface area contributed by atoms with Gasteiger partial charge < -0.3 is 10.4 Å². The van der Waals surface area contributed by atoms with E-state index in [0.717, 1.165) is 24.2 Å². The summed E-state index contributed by atoms with van der Waals surface area (Å²) in [4.78, 5) is 25.6. The lowest BCUT2D eigenvalue weighted by Crippen LogP contribution is -2.32. The molecule has 4 rings (SSSR count). The van der Waals surface area contributed by atoms with E-state index in [9.17, 15) is 9.59 Å². The number of para-hydroxylation sites is 1. The van der Waals surface area contributed by atoms with Crippen LogP contribution in [0.2, 0.25) is 0 Å². The van der Waals surface area contributed by atoms with Crippen molar-refractivity contribution in [2.75, 3.05) is 25.0 Å². The Kier molecular flexibility index (Phi) is 5.43. The molecule has 1 saturated carbocycles. The zero-order valence-electron chi connectivity index (χ0n) is 15.9. The number of aromatic nitrogens is 2. The molecular formula is C21H26N4O3. The van der Waals surface area contributed by atoms with Gasteiger partial charge in [0.1, 0.15) is 5.82 Å². The Morgan fingerprint density at radius 3 is 2.57 bits per heavy atom. The van der Waals surface area contributed by atoms with Crippen molar-refractivity contribution in [2.24, 2.45) is 5.92 Å². The minimum absolute atomic E-state index is 0.138. The summed E-state index contributed by atoms with van der Waals surface area (Å²) in [5.74, 6) is -0.174. The summed E-state index contributed by atoms with van der Waals surface area (Å²) in [6, 6.07) is 11.8. The van der Waals surface area contributed by atoms with Crippen LogP contribution in [-0.4, -0.2) is 51.3 Å². The van der Waals surface area contributed by atoms with Crippen LogP contribution in [0.1, 0.15) is 43.7 Å². The molecule has 2 N–H and O–H groups in total. The highest BCUT2D eigenvalue weighted by atomic mass is 16.4. The monoisotopic (exact) mass is 382 g/mol. The van der Waals surface area contributed by atoms with Crippen molar-refractivity contribution >= 4 is 17.7 Å². The fraction of sp³-hybridized carbons (Fsp3) is 0.476. The average molecular weight is 382 g/mol. The van der Waals surface area contributed by atoms with Gasteiger partial charge in [-0.2, -0.15) is 5.10 Å². The number of carboxylic acids is 1. The first kappa shape index (κ1) is 18.7. The van der Waals surface area contributed by atoms with Crippen molar-refractivity contribution < 1.29 is 14.7 Å². The van der Waals surface area contributed by atoms with Crippen molar-refractivity contribution in [3.8, 4) is 5.69 Å². The first-order chi connectivity index (χ1) is 13.6. The molecule has 1 aromatic carbocycles. The van der Waals surface area contributed by atoms with E-state index in [1.807, 2.05) is 41.3 Å². The van der Waals surface area contributed by atoms with Crippen LogP contribution < -0.4 is 5.32 Å².